The van der Waals surface area contributed by atoms with Gasteiger partial charge >= 0.3 is 5.69 Å². The number of aromatic hydroxyl groups is 1. The zero-order valence-electron chi connectivity index (χ0n) is 15.1. The molecule has 0 atom stereocenters. The van der Waals surface area contributed by atoms with E-state index in [1.807, 2.05) is 0 Å². The van der Waals surface area contributed by atoms with Gasteiger partial charge < -0.3 is 14.6 Å². The van der Waals surface area contributed by atoms with E-state index in [-0.39, 0.29) is 5.56 Å². The van der Waals surface area contributed by atoms with Gasteiger partial charge in [0.15, 0.2) is 18.1 Å². The minimum absolute atomic E-state index is 0.311. The molecule has 2 aromatic carbocycles. The highest BCUT2D eigenvalue weighted by Crippen LogP contribution is 2.33. The Morgan fingerprint density at radius 1 is 1.17 bits per heavy atom. The summed E-state index contributed by atoms with van der Waals surface area (Å²) in [5.74, 6) is -0.687. The summed E-state index contributed by atoms with van der Waals surface area (Å²) in [7, 11) is 0. The molecule has 2 aromatic rings. The van der Waals surface area contributed by atoms with Gasteiger partial charge in [0.05, 0.1) is 34.3 Å². The Balaban J connectivity index is 2.05. The molecule has 0 fully saturated rings. The number of nitrogens with zero attached hydrogens (tertiary/aromatic N) is 3. The molecule has 0 aromatic heterocycles. The van der Waals surface area contributed by atoms with Gasteiger partial charge in [-0.15, -0.1) is 0 Å². The van der Waals surface area contributed by atoms with Crippen molar-refractivity contribution in [2.24, 2.45) is 5.10 Å². The number of nitrogens with one attached hydrogen (secondary N) is 1. The summed E-state index contributed by atoms with van der Waals surface area (Å²) in [6, 6.07) is 8.23. The van der Waals surface area contributed by atoms with Crippen molar-refractivity contribution >= 4 is 23.5 Å². The van der Waals surface area contributed by atoms with E-state index in [9.17, 15) is 30.1 Å². The minimum atomic E-state index is -0.970. The van der Waals surface area contributed by atoms with Crippen molar-refractivity contribution in [2.75, 3.05) is 13.2 Å². The van der Waals surface area contributed by atoms with Crippen LogP contribution in [0.1, 0.15) is 12.5 Å². The number of ether oxygens (including phenoxy) is 2. The predicted octanol–water partition coefficient (Wildman–Crippen LogP) is 2.14. The number of benzene rings is 2. The van der Waals surface area contributed by atoms with Gasteiger partial charge in [-0.3, -0.25) is 25.0 Å². The summed E-state index contributed by atoms with van der Waals surface area (Å²) >= 11 is 0. The van der Waals surface area contributed by atoms with E-state index < -0.39 is 39.5 Å². The van der Waals surface area contributed by atoms with Crippen molar-refractivity contribution < 1.29 is 29.2 Å². The molecule has 0 saturated carbocycles. The van der Waals surface area contributed by atoms with Crippen LogP contribution in [0.2, 0.25) is 0 Å². The Bertz CT molecular complexity index is 960. The molecule has 1 amide bonds. The number of carbonyl (C=O) groups is 1. The Kier molecular flexibility index (Phi) is 7.01. The molecular weight excluding hydrogens is 388 g/mol. The van der Waals surface area contributed by atoms with Crippen LogP contribution in [0, 0.1) is 20.2 Å². The topological polar surface area (TPSA) is 166 Å². The zero-order chi connectivity index (χ0) is 21.4. The molecule has 12 nitrogen and oxygen atoms in total. The smallest absolute Gasteiger partial charge is 0.318 e. The molecule has 0 aliphatic heterocycles. The van der Waals surface area contributed by atoms with Crippen LogP contribution in [0.15, 0.2) is 41.5 Å². The van der Waals surface area contributed by atoms with Gasteiger partial charge in [0.2, 0.25) is 5.75 Å². The Hall–Kier alpha value is -4.22. The fourth-order valence-electron chi connectivity index (χ4n) is 2.16. The number of phenolic OH excluding ortho intramolecular Hbond substituents is 1. The molecule has 0 spiro atoms. The van der Waals surface area contributed by atoms with Gasteiger partial charge in [0, 0.05) is 6.07 Å². The molecule has 29 heavy (non-hydrogen) atoms. The van der Waals surface area contributed by atoms with Crippen LogP contribution in [-0.4, -0.2) is 40.3 Å². The van der Waals surface area contributed by atoms with Gasteiger partial charge in [-0.25, -0.2) is 5.43 Å². The number of hydrazone groups is 1. The molecular formula is C17H16N4O8. The lowest BCUT2D eigenvalue weighted by Gasteiger charge is -2.10. The highest BCUT2D eigenvalue weighted by molar-refractivity contribution is 5.88. The number of amides is 1. The highest BCUT2D eigenvalue weighted by atomic mass is 16.6. The first-order valence-electron chi connectivity index (χ1n) is 8.15. The number of phenols is 1. The normalized spacial score (nSPS) is 10.5. The van der Waals surface area contributed by atoms with E-state index in [0.717, 1.165) is 12.3 Å². The molecule has 0 radical (unpaired) electrons. The molecule has 12 heteroatoms. The molecule has 0 unspecified atom stereocenters. The quantitative estimate of drug-likeness (QED) is 0.364. The van der Waals surface area contributed by atoms with Gasteiger partial charge in [-0.05, 0) is 19.1 Å². The summed E-state index contributed by atoms with van der Waals surface area (Å²) < 4.78 is 10.7. The second-order valence-corrected chi connectivity index (χ2v) is 5.38. The largest absolute Gasteiger partial charge is 0.502 e. The van der Waals surface area contributed by atoms with Gasteiger partial charge in [-0.2, -0.15) is 5.10 Å². The molecule has 0 aliphatic carbocycles. The SMILES string of the molecule is CCOc1ccccc1OCC(=O)N/N=C/c1cc([N+](=O)[O-])cc([N+](=O)[O-])c1O. The van der Waals surface area contributed by atoms with Crippen molar-refractivity contribution in [3.8, 4) is 17.2 Å². The number of para-hydroxylation sites is 2. The average Bonchev–Trinajstić information content (AvgIpc) is 2.68. The lowest BCUT2D eigenvalue weighted by atomic mass is 10.1. The standard InChI is InChI=1S/C17H16N4O8/c1-2-28-14-5-3-4-6-15(14)29-10-16(22)19-18-9-11-7-12(20(24)25)8-13(17(11)23)21(26)27/h3-9,23H,2,10H2,1H3,(H,19,22)/b18-9+. The van der Waals surface area contributed by atoms with Crippen molar-refractivity contribution in [2.45, 2.75) is 6.92 Å². The van der Waals surface area contributed by atoms with Crippen LogP contribution >= 0.6 is 0 Å². The monoisotopic (exact) mass is 404 g/mol. The van der Waals surface area contributed by atoms with Crippen LogP contribution in [0.4, 0.5) is 11.4 Å². The maximum absolute atomic E-state index is 11.8. The van der Waals surface area contributed by atoms with Crippen molar-refractivity contribution in [1.29, 1.82) is 0 Å². The molecule has 0 saturated heterocycles. The third kappa shape index (κ3) is 5.63. The second kappa shape index (κ2) is 9.64. The van der Waals surface area contributed by atoms with Crippen LogP contribution in [-0.2, 0) is 4.79 Å². The number of hydrogen-bond acceptors (Lipinski definition) is 9. The van der Waals surface area contributed by atoms with E-state index in [2.05, 4.69) is 10.5 Å². The minimum Gasteiger partial charge on any atom is -0.502 e. The summed E-state index contributed by atoms with van der Waals surface area (Å²) in [6.07, 6.45) is 0.849. The van der Waals surface area contributed by atoms with Crippen molar-refractivity contribution in [1.82, 2.24) is 5.43 Å². The fourth-order valence-corrected chi connectivity index (χ4v) is 2.16. The number of carbonyl (C=O) groups excluding carboxylic acids is 1. The lowest BCUT2D eigenvalue weighted by molar-refractivity contribution is -0.394. The highest BCUT2D eigenvalue weighted by Gasteiger charge is 2.23. The van der Waals surface area contributed by atoms with Crippen molar-refractivity contribution in [3.63, 3.8) is 0 Å². The molecule has 2 rings (SSSR count). The van der Waals surface area contributed by atoms with E-state index in [4.69, 9.17) is 9.47 Å². The first-order valence-corrected chi connectivity index (χ1v) is 8.15. The molecule has 0 aliphatic rings. The van der Waals surface area contributed by atoms with E-state index >= 15 is 0 Å². The predicted molar refractivity (Wildman–Crippen MR) is 100 cm³/mol. The summed E-state index contributed by atoms with van der Waals surface area (Å²) in [5.41, 5.74) is 0.309. The van der Waals surface area contributed by atoms with Gasteiger partial charge in [-0.1, -0.05) is 12.1 Å². The van der Waals surface area contributed by atoms with Crippen LogP contribution in [0.3, 0.4) is 0 Å². The number of nitro groups is 2. The Labute approximate surface area is 163 Å². The van der Waals surface area contributed by atoms with E-state index in [1.165, 1.54) is 0 Å². The van der Waals surface area contributed by atoms with Crippen LogP contribution < -0.4 is 14.9 Å². The van der Waals surface area contributed by atoms with Gasteiger partial charge in [0.1, 0.15) is 0 Å². The lowest BCUT2D eigenvalue weighted by Crippen LogP contribution is -2.24. The van der Waals surface area contributed by atoms with Crippen molar-refractivity contribution in [3.05, 3.63) is 62.2 Å². The molecule has 152 valence electrons. The van der Waals surface area contributed by atoms with Crippen LogP contribution in [0.25, 0.3) is 0 Å². The number of non-ortho nitro benzene ring substituents is 1. The van der Waals surface area contributed by atoms with Gasteiger partial charge in [0.25, 0.3) is 11.6 Å². The number of rotatable bonds is 9. The van der Waals surface area contributed by atoms with E-state index in [1.54, 1.807) is 31.2 Å². The zero-order valence-corrected chi connectivity index (χ0v) is 15.1. The summed E-state index contributed by atoms with van der Waals surface area (Å²) in [5, 5.41) is 35.2. The maximum atomic E-state index is 11.8. The maximum Gasteiger partial charge on any atom is 0.318 e. The first kappa shape index (κ1) is 21.1. The third-order valence-electron chi connectivity index (χ3n) is 3.41. The molecule has 2 N–H and O–H groups in total. The molecule has 0 heterocycles. The first-order chi connectivity index (χ1) is 13.8. The van der Waals surface area contributed by atoms with E-state index in [0.29, 0.717) is 24.2 Å². The Morgan fingerprint density at radius 3 is 2.41 bits per heavy atom. The Morgan fingerprint density at radius 2 is 1.83 bits per heavy atom. The second-order valence-electron chi connectivity index (χ2n) is 5.38. The number of hydrogen-bond donors (Lipinski definition) is 2. The average molecular weight is 404 g/mol. The molecule has 0 bridgehead atoms. The summed E-state index contributed by atoms with van der Waals surface area (Å²) in [4.78, 5) is 31.8. The fraction of sp³-hybridized carbons (Fsp3) is 0.176. The van der Waals surface area contributed by atoms with Crippen LogP contribution in [0.5, 0.6) is 17.2 Å². The number of nitro benzene ring substituents is 2. The summed E-state index contributed by atoms with van der Waals surface area (Å²) in [6.45, 7) is 1.80. The third-order valence-corrected chi connectivity index (χ3v) is 3.41.